The van der Waals surface area contributed by atoms with Crippen molar-refractivity contribution >= 4 is 16.8 Å². The third-order valence-corrected chi connectivity index (χ3v) is 5.81. The molecule has 4 rings (SSSR count). The summed E-state index contributed by atoms with van der Waals surface area (Å²) in [6.07, 6.45) is 2.83. The van der Waals surface area contributed by atoms with Gasteiger partial charge in [0.25, 0.3) is 0 Å². The standard InChI is InChI=1S/C24H29N3O2/c1-15-6-10-18(11-7-15)24(3,4)13-19(28)14-29-20-12-16(2)21-22(17-8-9-17)26-27(5)23(21)25-20/h6-7,10-12,17H,8-9,13-14H2,1-5H3. The van der Waals surface area contributed by atoms with E-state index < -0.39 is 0 Å². The Labute approximate surface area is 172 Å². The van der Waals surface area contributed by atoms with Gasteiger partial charge in [0, 0.05) is 30.8 Å². The molecule has 0 N–H and O–H groups in total. The molecule has 0 saturated heterocycles. The summed E-state index contributed by atoms with van der Waals surface area (Å²) >= 11 is 0. The van der Waals surface area contributed by atoms with Gasteiger partial charge < -0.3 is 4.74 Å². The van der Waals surface area contributed by atoms with E-state index in [4.69, 9.17) is 4.74 Å². The molecule has 1 aromatic carbocycles. The fourth-order valence-electron chi connectivity index (χ4n) is 3.96. The molecule has 0 atom stereocenters. The van der Waals surface area contributed by atoms with E-state index in [0.717, 1.165) is 27.9 Å². The van der Waals surface area contributed by atoms with Gasteiger partial charge in [0.2, 0.25) is 5.88 Å². The van der Waals surface area contributed by atoms with Crippen LogP contribution in [0.4, 0.5) is 0 Å². The highest BCUT2D eigenvalue weighted by Gasteiger charge is 2.30. The van der Waals surface area contributed by atoms with E-state index in [0.29, 0.717) is 18.2 Å². The number of ketones is 1. The summed E-state index contributed by atoms with van der Waals surface area (Å²) in [5.74, 6) is 1.12. The lowest BCUT2D eigenvalue weighted by Crippen LogP contribution is -2.25. The van der Waals surface area contributed by atoms with Crippen molar-refractivity contribution in [2.45, 2.75) is 58.3 Å². The predicted octanol–water partition coefficient (Wildman–Crippen LogP) is 4.78. The Morgan fingerprint density at radius 1 is 1.21 bits per heavy atom. The average molecular weight is 392 g/mol. The summed E-state index contributed by atoms with van der Waals surface area (Å²) in [5.41, 5.74) is 5.23. The van der Waals surface area contributed by atoms with Crippen LogP contribution in [0.25, 0.3) is 11.0 Å². The highest BCUT2D eigenvalue weighted by atomic mass is 16.5. The summed E-state index contributed by atoms with van der Waals surface area (Å²) in [7, 11) is 1.92. The van der Waals surface area contributed by atoms with E-state index in [1.165, 1.54) is 18.4 Å². The highest BCUT2D eigenvalue weighted by molar-refractivity contribution is 5.84. The number of hydrogen-bond donors (Lipinski definition) is 0. The third kappa shape index (κ3) is 4.04. The van der Waals surface area contributed by atoms with Gasteiger partial charge >= 0.3 is 0 Å². The average Bonchev–Trinajstić information content (AvgIpc) is 3.44. The van der Waals surface area contributed by atoms with Crippen LogP contribution in [0.2, 0.25) is 0 Å². The molecule has 1 saturated carbocycles. The van der Waals surface area contributed by atoms with Crippen molar-refractivity contribution in [3.8, 4) is 5.88 Å². The second-order valence-electron chi connectivity index (χ2n) is 9.01. The Morgan fingerprint density at radius 3 is 2.55 bits per heavy atom. The number of hydrogen-bond acceptors (Lipinski definition) is 4. The molecule has 1 aliphatic carbocycles. The van der Waals surface area contributed by atoms with Crippen molar-refractivity contribution in [1.82, 2.24) is 14.8 Å². The number of carbonyl (C=O) groups is 1. The van der Waals surface area contributed by atoms with E-state index in [-0.39, 0.29) is 17.8 Å². The molecule has 0 bridgehead atoms. The minimum atomic E-state index is -0.233. The molecule has 5 nitrogen and oxygen atoms in total. The quantitative estimate of drug-likeness (QED) is 0.582. The van der Waals surface area contributed by atoms with Crippen molar-refractivity contribution < 1.29 is 9.53 Å². The maximum absolute atomic E-state index is 12.6. The Kier molecular flexibility index (Phi) is 4.93. The van der Waals surface area contributed by atoms with Crippen molar-refractivity contribution in [2.75, 3.05) is 6.61 Å². The van der Waals surface area contributed by atoms with E-state index in [9.17, 15) is 4.79 Å². The maximum atomic E-state index is 12.6. The molecule has 3 aromatic rings. The lowest BCUT2D eigenvalue weighted by Gasteiger charge is -2.24. The summed E-state index contributed by atoms with van der Waals surface area (Å²) in [6.45, 7) is 8.35. The third-order valence-electron chi connectivity index (χ3n) is 5.81. The van der Waals surface area contributed by atoms with E-state index in [2.05, 4.69) is 62.0 Å². The molecule has 0 amide bonds. The molecule has 1 aliphatic rings. The number of carbonyl (C=O) groups excluding carboxylic acids is 1. The molecule has 2 heterocycles. The molecule has 2 aromatic heterocycles. The van der Waals surface area contributed by atoms with Crippen molar-refractivity contribution in [3.63, 3.8) is 0 Å². The largest absolute Gasteiger partial charge is 0.470 e. The Hall–Kier alpha value is -2.69. The molecule has 152 valence electrons. The smallest absolute Gasteiger partial charge is 0.215 e. The normalized spacial score (nSPS) is 14.4. The molecule has 0 spiro atoms. The van der Waals surface area contributed by atoms with Gasteiger partial charge in [0.05, 0.1) is 5.69 Å². The maximum Gasteiger partial charge on any atom is 0.215 e. The zero-order chi connectivity index (χ0) is 20.8. The zero-order valence-corrected chi connectivity index (χ0v) is 18.0. The first-order chi connectivity index (χ1) is 13.7. The van der Waals surface area contributed by atoms with Crippen molar-refractivity contribution in [3.05, 3.63) is 52.7 Å². The topological polar surface area (TPSA) is 57.0 Å². The lowest BCUT2D eigenvalue weighted by molar-refractivity contribution is -0.122. The van der Waals surface area contributed by atoms with Gasteiger partial charge in [-0.05, 0) is 43.2 Å². The molecule has 0 unspecified atom stereocenters. The Morgan fingerprint density at radius 2 is 1.90 bits per heavy atom. The van der Waals surface area contributed by atoms with Gasteiger partial charge in [-0.2, -0.15) is 10.1 Å². The first-order valence-corrected chi connectivity index (χ1v) is 10.3. The van der Waals surface area contributed by atoms with Crippen LogP contribution >= 0.6 is 0 Å². The van der Waals surface area contributed by atoms with Crippen LogP contribution in [0.3, 0.4) is 0 Å². The molecule has 5 heteroatoms. The highest BCUT2D eigenvalue weighted by Crippen LogP contribution is 2.43. The fraction of sp³-hybridized carbons (Fsp3) is 0.458. The molecule has 29 heavy (non-hydrogen) atoms. The van der Waals surface area contributed by atoms with Crippen LogP contribution < -0.4 is 4.74 Å². The number of ether oxygens (including phenoxy) is 1. The second kappa shape index (κ2) is 7.29. The minimum absolute atomic E-state index is 0.0283. The molecular formula is C24H29N3O2. The molecule has 1 fully saturated rings. The number of aromatic nitrogens is 3. The fourth-order valence-corrected chi connectivity index (χ4v) is 3.96. The van der Waals surface area contributed by atoms with Gasteiger partial charge in [-0.25, -0.2) is 0 Å². The monoisotopic (exact) mass is 391 g/mol. The number of rotatable bonds is 7. The van der Waals surface area contributed by atoms with Gasteiger partial charge in [0.1, 0.15) is 6.61 Å². The first kappa shape index (κ1) is 19.6. The van der Waals surface area contributed by atoms with Crippen LogP contribution in [0.15, 0.2) is 30.3 Å². The Bertz CT molecular complexity index is 1060. The molecule has 0 aliphatic heterocycles. The number of fused-ring (bicyclic) bond motifs is 1. The van der Waals surface area contributed by atoms with Crippen LogP contribution in [-0.2, 0) is 17.3 Å². The van der Waals surface area contributed by atoms with E-state index in [1.54, 1.807) is 0 Å². The van der Waals surface area contributed by atoms with Crippen molar-refractivity contribution in [1.29, 1.82) is 0 Å². The summed E-state index contributed by atoms with van der Waals surface area (Å²) in [5, 5.41) is 5.80. The van der Waals surface area contributed by atoms with Crippen LogP contribution in [0, 0.1) is 13.8 Å². The summed E-state index contributed by atoms with van der Waals surface area (Å²) < 4.78 is 7.62. The minimum Gasteiger partial charge on any atom is -0.470 e. The first-order valence-electron chi connectivity index (χ1n) is 10.3. The lowest BCUT2D eigenvalue weighted by atomic mass is 9.80. The van der Waals surface area contributed by atoms with E-state index >= 15 is 0 Å². The molecular weight excluding hydrogens is 362 g/mol. The Balaban J connectivity index is 1.46. The van der Waals surface area contributed by atoms with Crippen molar-refractivity contribution in [2.24, 2.45) is 7.05 Å². The van der Waals surface area contributed by atoms with Gasteiger partial charge in [-0.3, -0.25) is 9.48 Å². The van der Waals surface area contributed by atoms with Gasteiger partial charge in [-0.15, -0.1) is 0 Å². The SMILES string of the molecule is Cc1ccc(C(C)(C)CC(=O)COc2cc(C)c3c(C4CC4)nn(C)c3n2)cc1. The van der Waals surface area contributed by atoms with Gasteiger partial charge in [0.15, 0.2) is 11.4 Å². The predicted molar refractivity (Wildman–Crippen MR) is 115 cm³/mol. The zero-order valence-electron chi connectivity index (χ0n) is 18.0. The number of pyridine rings is 1. The number of aryl methyl sites for hydroxylation is 3. The molecule has 0 radical (unpaired) electrons. The summed E-state index contributed by atoms with van der Waals surface area (Å²) in [6, 6.07) is 10.3. The van der Waals surface area contributed by atoms with Crippen LogP contribution in [0.5, 0.6) is 5.88 Å². The number of benzene rings is 1. The van der Waals surface area contributed by atoms with E-state index in [1.807, 2.05) is 17.8 Å². The number of nitrogens with zero attached hydrogens (tertiary/aromatic N) is 3. The number of Topliss-reactive ketones (excluding diaryl/α,β-unsaturated/α-hetero) is 1. The second-order valence-corrected chi connectivity index (χ2v) is 9.01. The van der Waals surface area contributed by atoms with Gasteiger partial charge in [-0.1, -0.05) is 43.7 Å². The van der Waals surface area contributed by atoms with Crippen LogP contribution in [0.1, 0.15) is 61.4 Å². The summed E-state index contributed by atoms with van der Waals surface area (Å²) in [4.78, 5) is 17.2. The van der Waals surface area contributed by atoms with Crippen LogP contribution in [-0.4, -0.2) is 27.2 Å².